The third kappa shape index (κ3) is 1.06. The fourth-order valence-corrected chi connectivity index (χ4v) is 1.71. The van der Waals surface area contributed by atoms with E-state index >= 15 is 0 Å². The third-order valence-corrected chi connectivity index (χ3v) is 2.43. The number of rotatable bonds is 0. The first-order valence-corrected chi connectivity index (χ1v) is 4.58. The number of hydrogen-bond acceptors (Lipinski definition) is 1. The molecule has 0 spiro atoms. The van der Waals surface area contributed by atoms with E-state index in [1.807, 2.05) is 12.3 Å². The van der Waals surface area contributed by atoms with Gasteiger partial charge in [-0.3, -0.25) is 4.98 Å². The molecule has 3 rings (SSSR count). The number of nitrogens with zero attached hydrogens (tertiary/aromatic N) is 1. The monoisotopic (exact) mass is 178 g/mol. The summed E-state index contributed by atoms with van der Waals surface area (Å²) in [7, 11) is 0. The standard InChI is InChI=1S/C13H8N/c1-2-4-11-8-13-9-14-6-5-12(13)7-10(11)3-1/h1-4,6-9H. The highest BCUT2D eigenvalue weighted by atomic mass is 14.6. The van der Waals surface area contributed by atoms with Crippen LogP contribution in [0.2, 0.25) is 0 Å². The molecule has 0 amide bonds. The quantitative estimate of drug-likeness (QED) is 0.482. The predicted octanol–water partition coefficient (Wildman–Crippen LogP) is 3.19. The summed E-state index contributed by atoms with van der Waals surface area (Å²) in [6.07, 6.45) is 3.58. The molecule has 0 saturated heterocycles. The van der Waals surface area contributed by atoms with E-state index < -0.39 is 0 Å². The van der Waals surface area contributed by atoms with Crippen LogP contribution in [0.1, 0.15) is 0 Å². The van der Waals surface area contributed by atoms with Gasteiger partial charge in [0.15, 0.2) is 0 Å². The molecule has 0 N–H and O–H groups in total. The van der Waals surface area contributed by atoms with Crippen molar-refractivity contribution in [3.8, 4) is 0 Å². The van der Waals surface area contributed by atoms with Gasteiger partial charge >= 0.3 is 0 Å². The highest BCUT2D eigenvalue weighted by molar-refractivity contribution is 5.97. The molecule has 2 aromatic carbocycles. The summed E-state index contributed by atoms with van der Waals surface area (Å²) in [5.41, 5.74) is 0. The van der Waals surface area contributed by atoms with Gasteiger partial charge in [-0.15, -0.1) is 0 Å². The molecule has 14 heavy (non-hydrogen) atoms. The summed E-state index contributed by atoms with van der Waals surface area (Å²) in [4.78, 5) is 4.06. The maximum Gasteiger partial charge on any atom is 0.0353 e. The minimum atomic E-state index is 1.12. The third-order valence-electron chi connectivity index (χ3n) is 2.43. The number of hydrogen-bond donors (Lipinski definition) is 0. The summed E-state index contributed by atoms with van der Waals surface area (Å²) in [5, 5.41) is 4.77. The maximum absolute atomic E-state index is 4.06. The Morgan fingerprint density at radius 2 is 1.71 bits per heavy atom. The van der Waals surface area contributed by atoms with Gasteiger partial charge in [-0.25, -0.2) is 0 Å². The molecular weight excluding hydrogens is 170 g/mol. The van der Waals surface area contributed by atoms with Crippen LogP contribution in [0.5, 0.6) is 0 Å². The molecule has 0 aliphatic carbocycles. The van der Waals surface area contributed by atoms with Gasteiger partial charge in [-0.2, -0.15) is 0 Å². The van der Waals surface area contributed by atoms with Crippen molar-refractivity contribution in [2.45, 2.75) is 0 Å². The van der Waals surface area contributed by atoms with Crippen molar-refractivity contribution in [3.63, 3.8) is 0 Å². The van der Waals surface area contributed by atoms with E-state index in [1.54, 1.807) is 6.20 Å². The Balaban J connectivity index is 2.52. The highest BCUT2D eigenvalue weighted by Gasteiger charge is 1.96. The Labute approximate surface area is 82.0 Å². The molecule has 65 valence electrons. The fraction of sp³-hybridized carbons (Fsp3) is 0. The van der Waals surface area contributed by atoms with E-state index in [0.717, 1.165) is 10.8 Å². The first-order chi connectivity index (χ1) is 6.93. The van der Waals surface area contributed by atoms with Gasteiger partial charge < -0.3 is 0 Å². The Bertz CT molecular complexity index is 494. The average Bonchev–Trinajstić information content (AvgIpc) is 2.26. The lowest BCUT2D eigenvalue weighted by Gasteiger charge is -2.00. The number of benzene rings is 2. The molecule has 1 radical (unpaired) electrons. The number of pyridine rings is 1. The van der Waals surface area contributed by atoms with E-state index in [0.29, 0.717) is 0 Å². The molecule has 0 aliphatic rings. The van der Waals surface area contributed by atoms with Crippen molar-refractivity contribution < 1.29 is 0 Å². The van der Waals surface area contributed by atoms with Gasteiger partial charge in [0.2, 0.25) is 0 Å². The smallest absolute Gasteiger partial charge is 0.0353 e. The van der Waals surface area contributed by atoms with Crippen LogP contribution >= 0.6 is 0 Å². The second-order valence-electron chi connectivity index (χ2n) is 3.34. The summed E-state index contributed by atoms with van der Waals surface area (Å²) < 4.78 is 0. The van der Waals surface area contributed by atoms with Gasteiger partial charge in [0.05, 0.1) is 0 Å². The van der Waals surface area contributed by atoms with Gasteiger partial charge in [-0.1, -0.05) is 24.3 Å². The summed E-state index contributed by atoms with van der Waals surface area (Å²) in [6.45, 7) is 0. The number of fused-ring (bicyclic) bond motifs is 2. The predicted molar refractivity (Wildman–Crippen MR) is 58.1 cm³/mol. The first kappa shape index (κ1) is 7.51. The molecule has 1 aromatic heterocycles. The molecular formula is C13H8N. The van der Waals surface area contributed by atoms with E-state index in [1.165, 1.54) is 10.8 Å². The number of aromatic nitrogens is 1. The van der Waals surface area contributed by atoms with Crippen LogP contribution in [-0.2, 0) is 0 Å². The van der Waals surface area contributed by atoms with Gasteiger partial charge in [0, 0.05) is 23.8 Å². The Morgan fingerprint density at radius 3 is 2.57 bits per heavy atom. The van der Waals surface area contributed by atoms with Crippen LogP contribution in [0.3, 0.4) is 0 Å². The lowest BCUT2D eigenvalue weighted by atomic mass is 10.1. The molecule has 0 atom stereocenters. The molecule has 1 nitrogen and oxygen atoms in total. The lowest BCUT2D eigenvalue weighted by Crippen LogP contribution is -1.77. The molecule has 0 bridgehead atoms. The van der Waals surface area contributed by atoms with Gasteiger partial charge in [0.25, 0.3) is 0 Å². The van der Waals surface area contributed by atoms with Crippen molar-refractivity contribution in [3.05, 3.63) is 54.9 Å². The summed E-state index contributed by atoms with van der Waals surface area (Å²) in [6, 6.07) is 15.8. The molecule has 0 saturated carbocycles. The van der Waals surface area contributed by atoms with Crippen molar-refractivity contribution in [2.24, 2.45) is 0 Å². The van der Waals surface area contributed by atoms with E-state index in [-0.39, 0.29) is 0 Å². The zero-order valence-corrected chi connectivity index (χ0v) is 7.57. The normalized spacial score (nSPS) is 10.9. The zero-order chi connectivity index (χ0) is 9.38. The van der Waals surface area contributed by atoms with Gasteiger partial charge in [0.1, 0.15) is 0 Å². The SMILES string of the molecule is [c]1cncc2cc3ccccc3cc12. The van der Waals surface area contributed by atoms with E-state index in [2.05, 4.69) is 41.4 Å². The molecule has 1 heteroatoms. The summed E-state index contributed by atoms with van der Waals surface area (Å²) >= 11 is 0. The zero-order valence-electron chi connectivity index (χ0n) is 7.57. The Kier molecular flexibility index (Phi) is 1.51. The maximum atomic E-state index is 4.06. The second-order valence-corrected chi connectivity index (χ2v) is 3.34. The lowest BCUT2D eigenvalue weighted by molar-refractivity contribution is 1.36. The Hall–Kier alpha value is -1.89. The second kappa shape index (κ2) is 2.81. The summed E-state index contributed by atoms with van der Waals surface area (Å²) in [5.74, 6) is 0. The fourth-order valence-electron chi connectivity index (χ4n) is 1.71. The molecule has 3 aromatic rings. The minimum absolute atomic E-state index is 1.12. The van der Waals surface area contributed by atoms with Crippen LogP contribution in [0, 0.1) is 6.07 Å². The molecule has 0 aliphatic heterocycles. The van der Waals surface area contributed by atoms with Crippen LogP contribution in [0.25, 0.3) is 21.5 Å². The first-order valence-electron chi connectivity index (χ1n) is 4.58. The van der Waals surface area contributed by atoms with Crippen LogP contribution in [-0.4, -0.2) is 4.98 Å². The van der Waals surface area contributed by atoms with Crippen LogP contribution < -0.4 is 0 Å². The minimum Gasteiger partial charge on any atom is -0.263 e. The largest absolute Gasteiger partial charge is 0.263 e. The van der Waals surface area contributed by atoms with Gasteiger partial charge in [-0.05, 0) is 28.3 Å². The van der Waals surface area contributed by atoms with E-state index in [4.69, 9.17) is 0 Å². The molecule has 1 heterocycles. The van der Waals surface area contributed by atoms with Crippen molar-refractivity contribution in [1.29, 1.82) is 0 Å². The highest BCUT2D eigenvalue weighted by Crippen LogP contribution is 2.20. The van der Waals surface area contributed by atoms with Crippen LogP contribution in [0.4, 0.5) is 0 Å². The molecule has 0 unspecified atom stereocenters. The van der Waals surface area contributed by atoms with Crippen molar-refractivity contribution >= 4 is 21.5 Å². The van der Waals surface area contributed by atoms with E-state index in [9.17, 15) is 0 Å². The van der Waals surface area contributed by atoms with Crippen LogP contribution in [0.15, 0.2) is 48.8 Å². The molecule has 0 fully saturated rings. The topological polar surface area (TPSA) is 12.9 Å². The Morgan fingerprint density at radius 1 is 0.929 bits per heavy atom. The van der Waals surface area contributed by atoms with Crippen molar-refractivity contribution in [1.82, 2.24) is 4.98 Å². The average molecular weight is 178 g/mol. The van der Waals surface area contributed by atoms with Crippen molar-refractivity contribution in [2.75, 3.05) is 0 Å².